The summed E-state index contributed by atoms with van der Waals surface area (Å²) in [7, 11) is 1.34. The lowest BCUT2D eigenvalue weighted by Gasteiger charge is -2.25. The number of hydrogen-bond donors (Lipinski definition) is 1. The van der Waals surface area contributed by atoms with E-state index in [4.69, 9.17) is 9.47 Å². The minimum Gasteiger partial charge on any atom is -0.462 e. The standard InChI is InChI=1S/C16H20N2O5S/c1-3-23-15(20)12-10-6-7-18(16(21)22-2)8-11(10)24-14(12)17-13(19)9-4-5-9/h9H,3-8H2,1-2H3,(H,17,19). The highest BCUT2D eigenvalue weighted by molar-refractivity contribution is 7.17. The second kappa shape index (κ2) is 6.80. The third-order valence-electron chi connectivity index (χ3n) is 4.15. The van der Waals surface area contributed by atoms with Crippen LogP contribution in [0.2, 0.25) is 0 Å². The summed E-state index contributed by atoms with van der Waals surface area (Å²) in [4.78, 5) is 38.7. The number of carbonyl (C=O) groups excluding carboxylic acids is 3. The predicted octanol–water partition coefficient (Wildman–Crippen LogP) is 2.40. The zero-order chi connectivity index (χ0) is 17.3. The fourth-order valence-corrected chi connectivity index (χ4v) is 4.01. The molecule has 0 aromatic carbocycles. The maximum atomic E-state index is 12.4. The van der Waals surface area contributed by atoms with Crippen LogP contribution < -0.4 is 5.32 Å². The lowest BCUT2D eigenvalue weighted by atomic mass is 10.0. The van der Waals surface area contributed by atoms with E-state index in [9.17, 15) is 14.4 Å². The summed E-state index contributed by atoms with van der Waals surface area (Å²) in [5.41, 5.74) is 1.31. The van der Waals surface area contributed by atoms with Crippen molar-refractivity contribution in [3.05, 3.63) is 16.0 Å². The van der Waals surface area contributed by atoms with Crippen molar-refractivity contribution < 1.29 is 23.9 Å². The Morgan fingerprint density at radius 3 is 2.71 bits per heavy atom. The zero-order valence-corrected chi connectivity index (χ0v) is 14.5. The highest BCUT2D eigenvalue weighted by Crippen LogP contribution is 2.39. The van der Waals surface area contributed by atoms with Gasteiger partial charge in [0.2, 0.25) is 5.91 Å². The Labute approximate surface area is 143 Å². The predicted molar refractivity (Wildman–Crippen MR) is 88.1 cm³/mol. The van der Waals surface area contributed by atoms with Crippen molar-refractivity contribution >= 4 is 34.3 Å². The fourth-order valence-electron chi connectivity index (χ4n) is 2.76. The summed E-state index contributed by atoms with van der Waals surface area (Å²) in [6, 6.07) is 0. The summed E-state index contributed by atoms with van der Waals surface area (Å²) in [5.74, 6) is -0.428. The Morgan fingerprint density at radius 1 is 1.33 bits per heavy atom. The van der Waals surface area contributed by atoms with Crippen molar-refractivity contribution in [2.75, 3.05) is 25.6 Å². The molecule has 1 N–H and O–H groups in total. The van der Waals surface area contributed by atoms with Gasteiger partial charge in [-0.3, -0.25) is 4.79 Å². The molecule has 24 heavy (non-hydrogen) atoms. The minimum atomic E-state index is -0.424. The quantitative estimate of drug-likeness (QED) is 0.841. The molecule has 1 aliphatic heterocycles. The molecule has 130 valence electrons. The Morgan fingerprint density at radius 2 is 2.08 bits per heavy atom. The molecule has 1 fully saturated rings. The van der Waals surface area contributed by atoms with E-state index in [2.05, 4.69) is 5.32 Å². The number of hydrogen-bond acceptors (Lipinski definition) is 6. The summed E-state index contributed by atoms with van der Waals surface area (Å²) < 4.78 is 9.92. The average Bonchev–Trinajstić information content (AvgIpc) is 3.35. The summed E-state index contributed by atoms with van der Waals surface area (Å²) >= 11 is 1.34. The number of ether oxygens (including phenoxy) is 2. The molecule has 1 aromatic rings. The Kier molecular flexibility index (Phi) is 4.75. The van der Waals surface area contributed by atoms with Crippen molar-refractivity contribution in [3.63, 3.8) is 0 Å². The molecule has 2 aliphatic rings. The zero-order valence-electron chi connectivity index (χ0n) is 13.7. The van der Waals surface area contributed by atoms with Crippen LogP contribution in [0.15, 0.2) is 0 Å². The lowest BCUT2D eigenvalue weighted by Crippen LogP contribution is -2.35. The van der Waals surface area contributed by atoms with Gasteiger partial charge in [0, 0.05) is 17.3 Å². The summed E-state index contributed by atoms with van der Waals surface area (Å²) in [6.45, 7) is 2.86. The molecular formula is C16H20N2O5S. The molecule has 3 rings (SSSR count). The molecule has 8 heteroatoms. The van der Waals surface area contributed by atoms with Crippen LogP contribution in [0.4, 0.5) is 9.80 Å². The Hall–Kier alpha value is -2.09. The number of amides is 2. The van der Waals surface area contributed by atoms with Crippen molar-refractivity contribution in [2.45, 2.75) is 32.7 Å². The Balaban J connectivity index is 1.90. The van der Waals surface area contributed by atoms with Crippen LogP contribution in [0.3, 0.4) is 0 Å². The smallest absolute Gasteiger partial charge is 0.409 e. The highest BCUT2D eigenvalue weighted by atomic mass is 32.1. The fraction of sp³-hybridized carbons (Fsp3) is 0.562. The van der Waals surface area contributed by atoms with Gasteiger partial charge in [-0.15, -0.1) is 11.3 Å². The summed E-state index contributed by atoms with van der Waals surface area (Å²) in [6.07, 6.45) is 1.92. The van der Waals surface area contributed by atoms with Gasteiger partial charge in [-0.25, -0.2) is 9.59 Å². The van der Waals surface area contributed by atoms with Crippen LogP contribution in [-0.4, -0.2) is 43.1 Å². The largest absolute Gasteiger partial charge is 0.462 e. The lowest BCUT2D eigenvalue weighted by molar-refractivity contribution is -0.117. The minimum absolute atomic E-state index is 0.0470. The van der Waals surface area contributed by atoms with E-state index in [-0.39, 0.29) is 18.4 Å². The van der Waals surface area contributed by atoms with Crippen LogP contribution >= 0.6 is 11.3 Å². The third kappa shape index (κ3) is 3.24. The van der Waals surface area contributed by atoms with E-state index < -0.39 is 12.1 Å². The normalized spacial score (nSPS) is 16.3. The molecular weight excluding hydrogens is 332 g/mol. The van der Waals surface area contributed by atoms with Crippen molar-refractivity contribution in [2.24, 2.45) is 5.92 Å². The first-order chi connectivity index (χ1) is 11.5. The molecule has 0 atom stereocenters. The second-order valence-electron chi connectivity index (χ2n) is 5.83. The third-order valence-corrected chi connectivity index (χ3v) is 5.29. The number of nitrogens with zero attached hydrogens (tertiary/aromatic N) is 1. The van der Waals surface area contributed by atoms with E-state index in [0.717, 1.165) is 23.3 Å². The van der Waals surface area contributed by atoms with E-state index in [1.165, 1.54) is 18.4 Å². The maximum Gasteiger partial charge on any atom is 0.409 e. The van der Waals surface area contributed by atoms with Gasteiger partial charge >= 0.3 is 12.1 Å². The molecule has 2 amide bonds. The SMILES string of the molecule is CCOC(=O)c1c(NC(=O)C2CC2)sc2c1CCN(C(=O)OC)C2. The number of thiophene rings is 1. The molecule has 0 saturated heterocycles. The number of carbonyl (C=O) groups is 3. The van der Waals surface area contributed by atoms with Gasteiger partial charge in [0.05, 0.1) is 25.8 Å². The monoisotopic (exact) mass is 352 g/mol. The van der Waals surface area contributed by atoms with E-state index in [0.29, 0.717) is 30.1 Å². The van der Waals surface area contributed by atoms with E-state index in [1.54, 1.807) is 11.8 Å². The second-order valence-corrected chi connectivity index (χ2v) is 6.94. The van der Waals surface area contributed by atoms with Crippen LogP contribution in [0.1, 0.15) is 40.6 Å². The van der Waals surface area contributed by atoms with Gasteiger partial charge in [0.25, 0.3) is 0 Å². The van der Waals surface area contributed by atoms with Gasteiger partial charge in [0.15, 0.2) is 0 Å². The van der Waals surface area contributed by atoms with Crippen molar-refractivity contribution in [1.82, 2.24) is 4.90 Å². The van der Waals surface area contributed by atoms with Crippen LogP contribution in [0.5, 0.6) is 0 Å². The number of esters is 1. The number of methoxy groups -OCH3 is 1. The molecule has 7 nitrogen and oxygen atoms in total. The van der Waals surface area contributed by atoms with Gasteiger partial charge in [-0.1, -0.05) is 0 Å². The molecule has 0 spiro atoms. The molecule has 0 unspecified atom stereocenters. The molecule has 1 aliphatic carbocycles. The van der Waals surface area contributed by atoms with E-state index in [1.807, 2.05) is 0 Å². The molecule has 0 bridgehead atoms. The van der Waals surface area contributed by atoms with Gasteiger partial charge in [-0.05, 0) is 31.7 Å². The van der Waals surface area contributed by atoms with Gasteiger partial charge in [-0.2, -0.15) is 0 Å². The van der Waals surface area contributed by atoms with Crippen molar-refractivity contribution in [1.29, 1.82) is 0 Å². The molecule has 1 saturated carbocycles. The average molecular weight is 352 g/mol. The van der Waals surface area contributed by atoms with Crippen LogP contribution in [0.25, 0.3) is 0 Å². The molecule has 2 heterocycles. The van der Waals surface area contributed by atoms with Crippen molar-refractivity contribution in [3.8, 4) is 0 Å². The number of anilines is 1. The first-order valence-electron chi connectivity index (χ1n) is 8.00. The van der Waals surface area contributed by atoms with Crippen LogP contribution in [-0.2, 0) is 27.2 Å². The first kappa shape index (κ1) is 16.8. The maximum absolute atomic E-state index is 12.4. The Bertz CT molecular complexity index is 680. The molecule has 0 radical (unpaired) electrons. The number of rotatable bonds is 4. The first-order valence-corrected chi connectivity index (χ1v) is 8.82. The number of nitrogens with one attached hydrogen (secondary N) is 1. The number of fused-ring (bicyclic) bond motifs is 1. The topological polar surface area (TPSA) is 84.9 Å². The van der Waals surface area contributed by atoms with E-state index >= 15 is 0 Å². The summed E-state index contributed by atoms with van der Waals surface area (Å²) in [5, 5.41) is 3.40. The van der Waals surface area contributed by atoms with Crippen LogP contribution in [0, 0.1) is 5.92 Å². The van der Waals surface area contributed by atoms with Gasteiger partial charge in [0.1, 0.15) is 5.00 Å². The molecule has 1 aromatic heterocycles. The highest BCUT2D eigenvalue weighted by Gasteiger charge is 2.34. The van der Waals surface area contributed by atoms with Gasteiger partial charge < -0.3 is 19.7 Å².